The molecule has 0 bridgehead atoms. The summed E-state index contributed by atoms with van der Waals surface area (Å²) in [5, 5.41) is 39.9. The Morgan fingerprint density at radius 1 is 1.00 bits per heavy atom. The summed E-state index contributed by atoms with van der Waals surface area (Å²) in [5.74, 6) is -0.516. The predicted octanol–water partition coefficient (Wildman–Crippen LogP) is 1.67. The highest BCUT2D eigenvalue weighted by Crippen LogP contribution is 2.34. The lowest BCUT2D eigenvalue weighted by Crippen LogP contribution is -2.55. The summed E-state index contributed by atoms with van der Waals surface area (Å²) in [5.41, 5.74) is -4.06. The van der Waals surface area contributed by atoms with E-state index in [1.807, 2.05) is 0 Å². The van der Waals surface area contributed by atoms with Crippen LogP contribution in [0.2, 0.25) is 5.02 Å². The van der Waals surface area contributed by atoms with Crippen LogP contribution in [0, 0.1) is 0 Å². The summed E-state index contributed by atoms with van der Waals surface area (Å²) in [6, 6.07) is 9.48. The second-order valence-electron chi connectivity index (χ2n) is 7.40. The van der Waals surface area contributed by atoms with E-state index in [1.165, 1.54) is 24.3 Å². The molecule has 5 atom stereocenters. The Hall–Kier alpha value is -1.93. The van der Waals surface area contributed by atoms with Crippen LogP contribution in [-0.4, -0.2) is 65.4 Å². The van der Waals surface area contributed by atoms with E-state index in [9.17, 15) is 42.0 Å². The van der Waals surface area contributed by atoms with Crippen molar-refractivity contribution in [2.75, 3.05) is 6.61 Å². The minimum Gasteiger partial charge on any atom is -0.394 e. The monoisotopic (exact) mass is 512 g/mol. The van der Waals surface area contributed by atoms with Gasteiger partial charge in [-0.2, -0.15) is 21.6 Å². The highest BCUT2D eigenvalue weighted by molar-refractivity contribution is 7.88. The van der Waals surface area contributed by atoms with E-state index in [-0.39, 0.29) is 6.42 Å². The minimum atomic E-state index is -5.78. The summed E-state index contributed by atoms with van der Waals surface area (Å²) in [6.07, 6.45) is -6.52. The fourth-order valence-corrected chi connectivity index (χ4v) is 3.98. The molecule has 3 rings (SSSR count). The van der Waals surface area contributed by atoms with Crippen molar-refractivity contribution in [2.24, 2.45) is 0 Å². The average molecular weight is 513 g/mol. The second-order valence-corrected chi connectivity index (χ2v) is 9.35. The number of aliphatic hydroxyl groups excluding tert-OH is 4. The molecule has 1 saturated heterocycles. The zero-order valence-corrected chi connectivity index (χ0v) is 18.3. The Labute approximate surface area is 191 Å². The third kappa shape index (κ3) is 5.60. The van der Waals surface area contributed by atoms with Crippen LogP contribution in [0.25, 0.3) is 0 Å². The molecule has 0 radical (unpaired) electrons. The molecule has 3 unspecified atom stereocenters. The van der Waals surface area contributed by atoms with Gasteiger partial charge in [-0.1, -0.05) is 35.9 Å². The molecular weight excluding hydrogens is 493 g/mol. The van der Waals surface area contributed by atoms with Crippen molar-refractivity contribution in [3.05, 3.63) is 64.2 Å². The molecule has 2 aromatic rings. The van der Waals surface area contributed by atoms with Crippen LogP contribution in [-0.2, 0) is 21.3 Å². The van der Waals surface area contributed by atoms with E-state index in [1.54, 1.807) is 6.07 Å². The predicted molar refractivity (Wildman–Crippen MR) is 109 cm³/mol. The van der Waals surface area contributed by atoms with Crippen LogP contribution in [0.1, 0.15) is 22.8 Å². The first-order chi connectivity index (χ1) is 15.3. The molecule has 8 nitrogen and oxygen atoms in total. The lowest BCUT2D eigenvalue weighted by atomic mass is 9.90. The first-order valence-electron chi connectivity index (χ1n) is 9.52. The number of aliphatic hydroxyl groups is 4. The average Bonchev–Trinajstić information content (AvgIpc) is 2.74. The summed E-state index contributed by atoms with van der Waals surface area (Å²) >= 11 is 6.24. The van der Waals surface area contributed by atoms with Crippen LogP contribution < -0.4 is 4.18 Å². The van der Waals surface area contributed by atoms with Crippen LogP contribution in [0.3, 0.4) is 0 Å². The molecule has 1 aliphatic rings. The number of alkyl halides is 3. The maximum atomic E-state index is 12.4. The molecule has 0 saturated carbocycles. The standard InChI is InChI=1S/C20H20ClF3O8S/c21-14-6-3-11(19-18(28)17(27)16(26)15(9-25)31-19)8-12(14)7-10-1-4-13(5-2-10)32-33(29,30)20(22,23)24/h1-6,8,15-19,25-28H,7,9H2/t15?,16-,17?,18-,19?/m1/s1. The number of ether oxygens (including phenoxy) is 1. The zero-order valence-electron chi connectivity index (χ0n) is 16.7. The molecule has 182 valence electrons. The molecule has 0 spiro atoms. The fraction of sp³-hybridized carbons (Fsp3) is 0.400. The van der Waals surface area contributed by atoms with Crippen molar-refractivity contribution in [2.45, 2.75) is 42.4 Å². The quantitative estimate of drug-likeness (QED) is 0.339. The van der Waals surface area contributed by atoms with Gasteiger partial charge in [0.05, 0.1) is 6.61 Å². The molecule has 1 aliphatic heterocycles. The largest absolute Gasteiger partial charge is 0.534 e. The summed E-state index contributed by atoms with van der Waals surface area (Å²) in [4.78, 5) is 0. The molecule has 0 amide bonds. The molecule has 33 heavy (non-hydrogen) atoms. The van der Waals surface area contributed by atoms with Gasteiger partial charge >= 0.3 is 15.6 Å². The lowest BCUT2D eigenvalue weighted by molar-refractivity contribution is -0.231. The van der Waals surface area contributed by atoms with Crippen molar-refractivity contribution >= 4 is 21.7 Å². The highest BCUT2D eigenvalue weighted by Gasteiger charge is 2.48. The maximum Gasteiger partial charge on any atom is 0.534 e. The highest BCUT2D eigenvalue weighted by atomic mass is 35.5. The summed E-state index contributed by atoms with van der Waals surface area (Å²) < 4.78 is 69.1. The third-order valence-corrected chi connectivity index (χ3v) is 6.45. The molecular formula is C20H20ClF3O8S. The lowest BCUT2D eigenvalue weighted by Gasteiger charge is -2.40. The molecule has 0 aliphatic carbocycles. The SMILES string of the molecule is O=S(=O)(Oc1ccc(Cc2cc(C3OC(CO)[C@@H](O)C(O)[C@H]3O)ccc2Cl)cc1)C(F)(F)F. The zero-order chi connectivity index (χ0) is 24.6. The van der Waals surface area contributed by atoms with Crippen molar-refractivity contribution in [1.29, 1.82) is 0 Å². The third-order valence-electron chi connectivity index (χ3n) is 5.10. The van der Waals surface area contributed by atoms with Crippen molar-refractivity contribution in [3.8, 4) is 5.75 Å². The number of rotatable bonds is 6. The van der Waals surface area contributed by atoms with E-state index in [0.29, 0.717) is 21.7 Å². The fourth-order valence-electron chi connectivity index (χ4n) is 3.34. The van der Waals surface area contributed by atoms with Crippen molar-refractivity contribution in [3.63, 3.8) is 0 Å². The Balaban J connectivity index is 1.79. The van der Waals surface area contributed by atoms with E-state index in [4.69, 9.17) is 16.3 Å². The molecule has 4 N–H and O–H groups in total. The van der Waals surface area contributed by atoms with Crippen LogP contribution in [0.5, 0.6) is 5.75 Å². The van der Waals surface area contributed by atoms with Crippen LogP contribution in [0.4, 0.5) is 13.2 Å². The smallest absolute Gasteiger partial charge is 0.394 e. The number of halogens is 4. The van der Waals surface area contributed by atoms with Crippen molar-refractivity contribution in [1.82, 2.24) is 0 Å². The van der Waals surface area contributed by atoms with Gasteiger partial charge < -0.3 is 29.3 Å². The topological polar surface area (TPSA) is 134 Å². The maximum absolute atomic E-state index is 12.4. The molecule has 0 aromatic heterocycles. The normalized spacial score (nSPS) is 26.2. The summed E-state index contributed by atoms with van der Waals surface area (Å²) in [6.45, 7) is -0.583. The Kier molecular flexibility index (Phi) is 7.58. The Morgan fingerprint density at radius 3 is 2.21 bits per heavy atom. The van der Waals surface area contributed by atoms with Gasteiger partial charge in [0.2, 0.25) is 0 Å². The van der Waals surface area contributed by atoms with E-state index in [0.717, 1.165) is 12.1 Å². The Morgan fingerprint density at radius 2 is 1.64 bits per heavy atom. The number of hydrogen-bond donors (Lipinski definition) is 4. The number of hydrogen-bond acceptors (Lipinski definition) is 8. The van der Waals surface area contributed by atoms with Gasteiger partial charge in [-0.3, -0.25) is 0 Å². The van der Waals surface area contributed by atoms with Gasteiger partial charge in [0.15, 0.2) is 0 Å². The van der Waals surface area contributed by atoms with Crippen LogP contribution >= 0.6 is 11.6 Å². The van der Waals surface area contributed by atoms with Gasteiger partial charge in [-0.25, -0.2) is 0 Å². The van der Waals surface area contributed by atoms with E-state index >= 15 is 0 Å². The van der Waals surface area contributed by atoms with Gasteiger partial charge in [-0.05, 0) is 41.3 Å². The molecule has 2 aromatic carbocycles. The Bertz CT molecular complexity index is 1080. The first-order valence-corrected chi connectivity index (χ1v) is 11.3. The van der Waals surface area contributed by atoms with Gasteiger partial charge in [0.25, 0.3) is 0 Å². The number of benzene rings is 2. The van der Waals surface area contributed by atoms with E-state index < -0.39 is 58.5 Å². The van der Waals surface area contributed by atoms with Crippen molar-refractivity contribution < 1.29 is 50.9 Å². The second kappa shape index (κ2) is 9.74. The van der Waals surface area contributed by atoms with Gasteiger partial charge in [-0.15, -0.1) is 0 Å². The summed E-state index contributed by atoms with van der Waals surface area (Å²) in [7, 11) is -5.78. The first kappa shape index (κ1) is 25.7. The van der Waals surface area contributed by atoms with Gasteiger partial charge in [0.1, 0.15) is 36.3 Å². The van der Waals surface area contributed by atoms with Gasteiger partial charge in [0, 0.05) is 5.02 Å². The molecule has 1 fully saturated rings. The van der Waals surface area contributed by atoms with Crippen LogP contribution in [0.15, 0.2) is 42.5 Å². The molecule has 13 heteroatoms. The minimum absolute atomic E-state index is 0.177. The van der Waals surface area contributed by atoms with E-state index in [2.05, 4.69) is 4.18 Å². The molecule has 1 heterocycles.